The van der Waals surface area contributed by atoms with Gasteiger partial charge in [0.2, 0.25) is 11.8 Å². The zero-order chi connectivity index (χ0) is 23.0. The van der Waals surface area contributed by atoms with Crippen LogP contribution in [-0.2, 0) is 10.0 Å². The first-order chi connectivity index (χ1) is 15.2. The third kappa shape index (κ3) is 3.97. The van der Waals surface area contributed by atoms with Crippen LogP contribution in [0.3, 0.4) is 0 Å². The van der Waals surface area contributed by atoms with Crippen LogP contribution in [-0.4, -0.2) is 35.5 Å². The molecule has 9 nitrogen and oxygen atoms in total. The highest BCUT2D eigenvalue weighted by Gasteiger charge is 2.25. The number of nitrogen functional groups attached to an aromatic ring is 1. The van der Waals surface area contributed by atoms with E-state index in [0.29, 0.717) is 10.9 Å². The molecule has 0 aliphatic rings. The lowest BCUT2D eigenvalue weighted by molar-refractivity contribution is 0.385. The van der Waals surface area contributed by atoms with Gasteiger partial charge in [-0.15, -0.1) is 0 Å². The van der Waals surface area contributed by atoms with Crippen molar-refractivity contribution in [2.45, 2.75) is 4.90 Å². The Labute approximate surface area is 191 Å². The molecule has 3 aromatic heterocycles. The summed E-state index contributed by atoms with van der Waals surface area (Å²) in [4.78, 5) is 15.2. The lowest BCUT2D eigenvalue weighted by atomic mass is 10.0. The van der Waals surface area contributed by atoms with Crippen LogP contribution in [0, 0.1) is 5.82 Å². The van der Waals surface area contributed by atoms with Crippen LogP contribution in [0.2, 0.25) is 10.0 Å². The number of nitrogens with one attached hydrogen (secondary N) is 1. The molecular weight excluding hydrogens is 482 g/mol. The molecule has 3 N–H and O–H groups in total. The van der Waals surface area contributed by atoms with E-state index in [1.54, 1.807) is 6.07 Å². The predicted octanol–water partition coefficient (Wildman–Crippen LogP) is 3.92. The van der Waals surface area contributed by atoms with Crippen LogP contribution in [0.4, 0.5) is 16.2 Å². The molecule has 0 atom stereocenters. The van der Waals surface area contributed by atoms with Crippen LogP contribution in [0.5, 0.6) is 5.88 Å². The zero-order valence-electron chi connectivity index (χ0n) is 16.2. The Balaban J connectivity index is 1.79. The maximum Gasteiger partial charge on any atom is 0.268 e. The van der Waals surface area contributed by atoms with E-state index in [2.05, 4.69) is 24.7 Å². The van der Waals surface area contributed by atoms with E-state index < -0.39 is 21.7 Å². The van der Waals surface area contributed by atoms with Crippen LogP contribution in [0.25, 0.3) is 22.0 Å². The first-order valence-corrected chi connectivity index (χ1v) is 11.0. The Morgan fingerprint density at radius 3 is 2.62 bits per heavy atom. The molecule has 4 aromatic rings. The van der Waals surface area contributed by atoms with Crippen molar-refractivity contribution in [1.29, 1.82) is 0 Å². The van der Waals surface area contributed by atoms with Gasteiger partial charge in [-0.3, -0.25) is 4.72 Å². The van der Waals surface area contributed by atoms with E-state index in [9.17, 15) is 8.42 Å². The number of aromatic nitrogens is 4. The number of hydrogen-bond acceptors (Lipinski definition) is 8. The Morgan fingerprint density at radius 1 is 1.09 bits per heavy atom. The maximum absolute atomic E-state index is 15.3. The molecule has 0 unspecified atom stereocenters. The van der Waals surface area contributed by atoms with Crippen molar-refractivity contribution in [3.8, 4) is 17.0 Å². The van der Waals surface area contributed by atoms with Crippen molar-refractivity contribution >= 4 is 55.9 Å². The number of halogens is 3. The van der Waals surface area contributed by atoms with Crippen molar-refractivity contribution < 1.29 is 17.5 Å². The van der Waals surface area contributed by atoms with Gasteiger partial charge < -0.3 is 10.5 Å². The molecule has 0 amide bonds. The molecule has 13 heteroatoms. The second kappa shape index (κ2) is 8.34. The first-order valence-electron chi connectivity index (χ1n) is 8.79. The summed E-state index contributed by atoms with van der Waals surface area (Å²) in [5.74, 6) is -1.63. The SMILES string of the molecule is COc1ncc(Cl)cc1S(=O)(=O)Nc1nccc(-c2ccc3nc(N)ncc3c2Cl)c1F. The Kier molecular flexibility index (Phi) is 5.71. The fraction of sp³-hybridized carbons (Fsp3) is 0.0526. The molecule has 1 aromatic carbocycles. The van der Waals surface area contributed by atoms with Crippen molar-refractivity contribution in [2.75, 3.05) is 17.6 Å². The normalized spacial score (nSPS) is 11.5. The van der Waals surface area contributed by atoms with Gasteiger partial charge in [-0.25, -0.2) is 32.7 Å². The van der Waals surface area contributed by atoms with E-state index >= 15 is 4.39 Å². The van der Waals surface area contributed by atoms with E-state index in [1.165, 1.54) is 37.8 Å². The molecule has 0 saturated heterocycles. The highest BCUT2D eigenvalue weighted by molar-refractivity contribution is 7.92. The Morgan fingerprint density at radius 2 is 1.88 bits per heavy atom. The van der Waals surface area contributed by atoms with Gasteiger partial charge in [0.1, 0.15) is 0 Å². The van der Waals surface area contributed by atoms with Crippen LogP contribution in [0.1, 0.15) is 0 Å². The molecule has 0 spiro atoms. The molecule has 0 radical (unpaired) electrons. The van der Waals surface area contributed by atoms with Gasteiger partial charge in [-0.05, 0) is 18.2 Å². The van der Waals surface area contributed by atoms with E-state index in [0.717, 1.165) is 6.07 Å². The number of rotatable bonds is 5. The average molecular weight is 495 g/mol. The smallest absolute Gasteiger partial charge is 0.268 e. The van der Waals surface area contributed by atoms with Gasteiger partial charge in [0.15, 0.2) is 16.5 Å². The van der Waals surface area contributed by atoms with Crippen LogP contribution in [0.15, 0.2) is 47.8 Å². The van der Waals surface area contributed by atoms with Crippen molar-refractivity contribution in [1.82, 2.24) is 19.9 Å². The van der Waals surface area contributed by atoms with Gasteiger partial charge in [0, 0.05) is 35.1 Å². The second-order valence-electron chi connectivity index (χ2n) is 6.38. The van der Waals surface area contributed by atoms with Crippen molar-refractivity contribution in [3.63, 3.8) is 0 Å². The number of anilines is 2. The molecule has 32 heavy (non-hydrogen) atoms. The van der Waals surface area contributed by atoms with E-state index in [1.807, 2.05) is 0 Å². The maximum atomic E-state index is 15.3. The fourth-order valence-corrected chi connectivity index (χ4v) is 4.64. The lowest BCUT2D eigenvalue weighted by Gasteiger charge is -2.13. The molecule has 0 fully saturated rings. The third-order valence-corrected chi connectivity index (χ3v) is 6.34. The highest BCUT2D eigenvalue weighted by atomic mass is 35.5. The number of pyridine rings is 2. The number of nitrogens with zero attached hydrogens (tertiary/aromatic N) is 4. The minimum absolute atomic E-state index is 0.0117. The van der Waals surface area contributed by atoms with Crippen molar-refractivity contribution in [2.24, 2.45) is 0 Å². The summed E-state index contributed by atoms with van der Waals surface area (Å²) in [7, 11) is -3.10. The average Bonchev–Trinajstić information content (AvgIpc) is 2.75. The fourth-order valence-electron chi connectivity index (χ4n) is 2.95. The quantitative estimate of drug-likeness (QED) is 0.426. The minimum atomic E-state index is -4.34. The molecule has 0 bridgehead atoms. The summed E-state index contributed by atoms with van der Waals surface area (Å²) >= 11 is 12.3. The van der Waals surface area contributed by atoms with Gasteiger partial charge in [-0.1, -0.05) is 29.3 Å². The van der Waals surface area contributed by atoms with Gasteiger partial charge in [0.25, 0.3) is 10.0 Å². The van der Waals surface area contributed by atoms with E-state index in [-0.39, 0.29) is 37.9 Å². The van der Waals surface area contributed by atoms with Crippen LogP contribution >= 0.6 is 23.2 Å². The summed E-state index contributed by atoms with van der Waals surface area (Å²) in [6, 6.07) is 5.63. The number of benzene rings is 1. The summed E-state index contributed by atoms with van der Waals surface area (Å²) in [5.41, 5.74) is 6.36. The van der Waals surface area contributed by atoms with Crippen molar-refractivity contribution in [3.05, 3.63) is 58.7 Å². The molecule has 3 heterocycles. The van der Waals surface area contributed by atoms with Gasteiger partial charge >= 0.3 is 0 Å². The van der Waals surface area contributed by atoms with E-state index in [4.69, 9.17) is 33.7 Å². The second-order valence-corrected chi connectivity index (χ2v) is 8.84. The van der Waals surface area contributed by atoms with Crippen LogP contribution < -0.4 is 15.2 Å². The number of hydrogen-bond donors (Lipinski definition) is 2. The van der Waals surface area contributed by atoms with Gasteiger partial charge in [0.05, 0.1) is 22.7 Å². The zero-order valence-corrected chi connectivity index (χ0v) is 18.5. The monoisotopic (exact) mass is 494 g/mol. The topological polar surface area (TPSA) is 133 Å². The summed E-state index contributed by atoms with van der Waals surface area (Å²) < 4.78 is 48.1. The number of sulfonamides is 1. The minimum Gasteiger partial charge on any atom is -0.480 e. The summed E-state index contributed by atoms with van der Waals surface area (Å²) in [5, 5.41) is 0.674. The molecular formula is C19H13Cl2FN6O3S. The largest absolute Gasteiger partial charge is 0.480 e. The molecule has 0 aliphatic carbocycles. The Hall–Kier alpha value is -3.28. The predicted molar refractivity (Wildman–Crippen MR) is 119 cm³/mol. The summed E-state index contributed by atoms with van der Waals surface area (Å²) in [6.45, 7) is 0. The summed E-state index contributed by atoms with van der Waals surface area (Å²) in [6.07, 6.45) is 3.88. The molecule has 0 aliphatic heterocycles. The molecule has 164 valence electrons. The number of ether oxygens (including phenoxy) is 1. The third-order valence-electron chi connectivity index (χ3n) is 4.40. The Bertz CT molecular complexity index is 1470. The highest BCUT2D eigenvalue weighted by Crippen LogP contribution is 2.36. The molecule has 4 rings (SSSR count). The first kappa shape index (κ1) is 21.9. The lowest BCUT2D eigenvalue weighted by Crippen LogP contribution is -2.17. The van der Waals surface area contributed by atoms with Gasteiger partial charge in [-0.2, -0.15) is 0 Å². The standard InChI is InChI=1S/C19H13Cl2FN6O3S/c1-31-18-14(6-9(20)7-25-18)32(29,30)28-17-16(22)11(4-5-24-17)10-2-3-13-12(15(10)21)8-26-19(23)27-13/h2-8H,1H3,(H,24,28)(H2,23,26,27). The molecule has 0 saturated carbocycles. The number of nitrogens with two attached hydrogens (primary N) is 1. The number of methoxy groups -OCH3 is 1. The number of fused-ring (bicyclic) bond motifs is 1.